The fraction of sp³-hybridized carbons (Fsp3) is 1.00. The monoisotopic (exact) mass is 106 g/mol. The zero-order chi connectivity index (χ0) is 4.83. The van der Waals surface area contributed by atoms with Gasteiger partial charge in [-0.05, 0) is 6.04 Å². The minimum Gasteiger partial charge on any atom is -0.240 e. The van der Waals surface area contributed by atoms with Crippen LogP contribution in [0.2, 0.25) is 6.04 Å². The van der Waals surface area contributed by atoms with Gasteiger partial charge in [-0.15, -0.1) is 0 Å². The van der Waals surface area contributed by atoms with Gasteiger partial charge in [-0.3, -0.25) is 0 Å². The van der Waals surface area contributed by atoms with Crippen LogP contribution in [0.1, 0.15) is 0 Å². The molecule has 0 N–H and O–H groups in total. The molecule has 0 aliphatic heterocycles. The van der Waals surface area contributed by atoms with E-state index in [-0.39, 0.29) is 0 Å². The summed E-state index contributed by atoms with van der Waals surface area (Å²) < 4.78 is 0. The van der Waals surface area contributed by atoms with E-state index >= 15 is 0 Å². The molecule has 0 aromatic carbocycles. The van der Waals surface area contributed by atoms with E-state index in [1.165, 1.54) is 17.4 Å². The van der Waals surface area contributed by atoms with Crippen LogP contribution in [0.3, 0.4) is 0 Å². The molecule has 0 amide bonds. The summed E-state index contributed by atoms with van der Waals surface area (Å²) in [5.74, 6) is 0. The highest BCUT2D eigenvalue weighted by molar-refractivity contribution is 6.08. The quantitative estimate of drug-likeness (QED) is 0.206. The Kier molecular flexibility index (Phi) is 5.25. The molecule has 0 fully saturated rings. The molecule has 0 aliphatic carbocycles. The van der Waals surface area contributed by atoms with Crippen LogP contribution in [0.15, 0.2) is 0 Å². The number of hydrogen-bond acceptors (Lipinski definition) is 2. The van der Waals surface area contributed by atoms with Gasteiger partial charge in [-0.1, -0.05) is 0 Å². The van der Waals surface area contributed by atoms with Crippen molar-refractivity contribution in [3.8, 4) is 0 Å². The number of hydrogen-bond donors (Lipinski definition) is 0. The van der Waals surface area contributed by atoms with Crippen molar-refractivity contribution in [2.45, 2.75) is 6.04 Å². The smallest absolute Gasteiger partial charge is 0.0790 e. The largest absolute Gasteiger partial charge is 0.240 e. The Morgan fingerprint density at radius 3 is 2.50 bits per heavy atom. The molecule has 0 atom stereocenters. The number of rotatable bonds is 3. The first-order valence-corrected chi connectivity index (χ1v) is 3.48. The van der Waals surface area contributed by atoms with Crippen molar-refractivity contribution in [2.24, 2.45) is 0 Å². The predicted octanol–water partition coefficient (Wildman–Crippen LogP) is -0.652. The summed E-state index contributed by atoms with van der Waals surface area (Å²) in [5.41, 5.74) is 0. The van der Waals surface area contributed by atoms with E-state index in [2.05, 4.69) is 9.78 Å². The molecule has 0 aromatic rings. The molecule has 2 nitrogen and oxygen atoms in total. The van der Waals surface area contributed by atoms with Gasteiger partial charge in [-0.25, -0.2) is 9.78 Å². The maximum absolute atomic E-state index is 4.52. The highest BCUT2D eigenvalue weighted by atomic mass is 28.1. The molecule has 0 spiro atoms. The average molecular weight is 106 g/mol. The summed E-state index contributed by atoms with van der Waals surface area (Å²) in [4.78, 5) is 8.82. The molecule has 0 aliphatic rings. The lowest BCUT2D eigenvalue weighted by atomic mass is 10.9. The summed E-state index contributed by atoms with van der Waals surface area (Å²) in [7, 11) is 2.72. The second-order valence-electron chi connectivity index (χ2n) is 0.989. The Labute approximate surface area is 40.8 Å². The fourth-order valence-corrected chi connectivity index (χ4v) is 0.333. The summed E-state index contributed by atoms with van der Waals surface area (Å²) in [5, 5.41) is 0. The van der Waals surface area contributed by atoms with E-state index in [4.69, 9.17) is 0 Å². The van der Waals surface area contributed by atoms with E-state index < -0.39 is 0 Å². The second kappa shape index (κ2) is 5.14. The van der Waals surface area contributed by atoms with Gasteiger partial charge in [0.25, 0.3) is 0 Å². The van der Waals surface area contributed by atoms with Crippen LogP contribution < -0.4 is 0 Å². The molecule has 0 saturated carbocycles. The van der Waals surface area contributed by atoms with Crippen molar-refractivity contribution in [2.75, 3.05) is 13.7 Å². The molecule has 0 heterocycles. The van der Waals surface area contributed by atoms with Gasteiger partial charge in [0.2, 0.25) is 0 Å². The normalized spacial score (nSPS) is 9.50. The van der Waals surface area contributed by atoms with Gasteiger partial charge in [-0.2, -0.15) is 0 Å². The Hall–Kier alpha value is 0.137. The summed E-state index contributed by atoms with van der Waals surface area (Å²) in [6.45, 7) is 0.753. The molecule has 0 rings (SSSR count). The van der Waals surface area contributed by atoms with Crippen LogP contribution in [0, 0.1) is 0 Å². The van der Waals surface area contributed by atoms with Crippen LogP contribution in [0.25, 0.3) is 0 Å². The van der Waals surface area contributed by atoms with E-state index in [1.54, 1.807) is 0 Å². The van der Waals surface area contributed by atoms with Gasteiger partial charge >= 0.3 is 0 Å². The second-order valence-corrected chi connectivity index (χ2v) is 1.99. The van der Waals surface area contributed by atoms with Gasteiger partial charge < -0.3 is 0 Å². The van der Waals surface area contributed by atoms with E-state index in [9.17, 15) is 0 Å². The van der Waals surface area contributed by atoms with Crippen LogP contribution in [-0.2, 0) is 9.78 Å². The van der Waals surface area contributed by atoms with Crippen LogP contribution in [-0.4, -0.2) is 24.0 Å². The SMILES string of the molecule is COOCC[SiH3]. The lowest BCUT2D eigenvalue weighted by molar-refractivity contribution is -0.268. The van der Waals surface area contributed by atoms with Crippen molar-refractivity contribution in [3.05, 3.63) is 0 Å². The molecule has 38 valence electrons. The topological polar surface area (TPSA) is 18.5 Å². The third kappa shape index (κ3) is 4.14. The molecule has 0 saturated heterocycles. The molecule has 0 aromatic heterocycles. The standard InChI is InChI=1S/C3H10O2Si/c1-4-5-2-3-6/h2-3H2,1,6H3. The Bertz CT molecular complexity index is 20.8. The van der Waals surface area contributed by atoms with Gasteiger partial charge in [0.05, 0.1) is 13.7 Å². The summed E-state index contributed by atoms with van der Waals surface area (Å²) in [6.07, 6.45) is 0. The molecular formula is C3H10O2Si. The first-order valence-electron chi connectivity index (χ1n) is 2.07. The van der Waals surface area contributed by atoms with E-state index in [1.807, 2.05) is 0 Å². The minimum atomic E-state index is 0.753. The minimum absolute atomic E-state index is 0.753. The van der Waals surface area contributed by atoms with Crippen molar-refractivity contribution in [1.82, 2.24) is 0 Å². The molecule has 3 heteroatoms. The Morgan fingerprint density at radius 2 is 2.33 bits per heavy atom. The zero-order valence-corrected chi connectivity index (χ0v) is 6.23. The summed E-state index contributed by atoms with van der Waals surface area (Å²) in [6, 6.07) is 1.15. The predicted molar refractivity (Wildman–Crippen MR) is 27.7 cm³/mol. The average Bonchev–Trinajstić information content (AvgIpc) is 1.61. The third-order valence-corrected chi connectivity index (χ3v) is 0.814. The van der Waals surface area contributed by atoms with Crippen molar-refractivity contribution in [1.29, 1.82) is 0 Å². The van der Waals surface area contributed by atoms with Crippen molar-refractivity contribution >= 4 is 10.2 Å². The van der Waals surface area contributed by atoms with Gasteiger partial charge in [0.1, 0.15) is 0 Å². The summed E-state index contributed by atoms with van der Waals surface area (Å²) >= 11 is 0. The third-order valence-electron chi connectivity index (χ3n) is 0.405. The molecule has 6 heavy (non-hydrogen) atoms. The van der Waals surface area contributed by atoms with Crippen molar-refractivity contribution in [3.63, 3.8) is 0 Å². The molecule has 0 bridgehead atoms. The highest BCUT2D eigenvalue weighted by Gasteiger charge is 1.73. The Balaban J connectivity index is 2.34. The van der Waals surface area contributed by atoms with Gasteiger partial charge in [0, 0.05) is 10.2 Å². The van der Waals surface area contributed by atoms with E-state index in [0.29, 0.717) is 0 Å². The fourth-order valence-electron chi connectivity index (χ4n) is 0.167. The zero-order valence-electron chi connectivity index (χ0n) is 4.23. The lowest BCUT2D eigenvalue weighted by Crippen LogP contribution is -1.89. The Morgan fingerprint density at radius 1 is 1.67 bits per heavy atom. The first-order chi connectivity index (χ1) is 2.91. The van der Waals surface area contributed by atoms with Gasteiger partial charge in [0.15, 0.2) is 0 Å². The molecule has 0 radical (unpaired) electrons. The highest BCUT2D eigenvalue weighted by Crippen LogP contribution is 1.74. The van der Waals surface area contributed by atoms with Crippen molar-refractivity contribution < 1.29 is 9.78 Å². The maximum atomic E-state index is 4.52. The maximum Gasteiger partial charge on any atom is 0.0790 e. The lowest BCUT2D eigenvalue weighted by Gasteiger charge is -1.91. The molecule has 0 unspecified atom stereocenters. The van der Waals surface area contributed by atoms with Crippen LogP contribution >= 0.6 is 0 Å². The van der Waals surface area contributed by atoms with Crippen LogP contribution in [0.5, 0.6) is 0 Å². The molecular weight excluding hydrogens is 96.1 g/mol. The van der Waals surface area contributed by atoms with Crippen LogP contribution in [0.4, 0.5) is 0 Å². The van der Waals surface area contributed by atoms with E-state index in [0.717, 1.165) is 12.7 Å². The first kappa shape index (κ1) is 6.14.